The molecule has 0 saturated heterocycles. The van der Waals surface area contributed by atoms with Crippen molar-refractivity contribution < 1.29 is 4.74 Å². The predicted octanol–water partition coefficient (Wildman–Crippen LogP) is 1.35. The van der Waals surface area contributed by atoms with Crippen LogP contribution in [0.2, 0.25) is 0 Å². The van der Waals surface area contributed by atoms with Gasteiger partial charge in [0.2, 0.25) is 5.88 Å². The van der Waals surface area contributed by atoms with Crippen molar-refractivity contribution in [3.05, 3.63) is 11.9 Å². The van der Waals surface area contributed by atoms with E-state index in [0.29, 0.717) is 5.88 Å². The molecule has 1 aromatic heterocycles. The van der Waals surface area contributed by atoms with E-state index < -0.39 is 0 Å². The van der Waals surface area contributed by atoms with Crippen LogP contribution in [0.25, 0.3) is 0 Å². The highest BCUT2D eigenvalue weighted by Gasteiger charge is 2.19. The summed E-state index contributed by atoms with van der Waals surface area (Å²) in [4.78, 5) is 8.26. The van der Waals surface area contributed by atoms with E-state index >= 15 is 0 Å². The summed E-state index contributed by atoms with van der Waals surface area (Å²) in [6.45, 7) is 3.95. The van der Waals surface area contributed by atoms with E-state index in [1.54, 1.807) is 7.11 Å². The van der Waals surface area contributed by atoms with Crippen molar-refractivity contribution in [1.82, 2.24) is 15.3 Å². The lowest BCUT2D eigenvalue weighted by atomic mass is 10.3. The fourth-order valence-electron chi connectivity index (χ4n) is 1.71. The summed E-state index contributed by atoms with van der Waals surface area (Å²) in [6, 6.07) is 0.788. The molecule has 0 amide bonds. The fourth-order valence-corrected chi connectivity index (χ4v) is 1.71. The lowest BCUT2D eigenvalue weighted by Crippen LogP contribution is -2.20. The maximum atomic E-state index is 5.15. The van der Waals surface area contributed by atoms with Gasteiger partial charge in [-0.2, -0.15) is 0 Å². The number of ether oxygens (including phenoxy) is 1. The average molecular weight is 236 g/mol. The van der Waals surface area contributed by atoms with Gasteiger partial charge in [0.15, 0.2) is 0 Å². The zero-order valence-corrected chi connectivity index (χ0v) is 10.5. The van der Waals surface area contributed by atoms with E-state index in [1.165, 1.54) is 19.2 Å². The first-order valence-corrected chi connectivity index (χ1v) is 6.14. The Morgan fingerprint density at radius 2 is 2.18 bits per heavy atom. The van der Waals surface area contributed by atoms with Gasteiger partial charge in [-0.05, 0) is 32.7 Å². The van der Waals surface area contributed by atoms with Gasteiger partial charge in [-0.1, -0.05) is 0 Å². The van der Waals surface area contributed by atoms with Gasteiger partial charge < -0.3 is 15.4 Å². The smallest absolute Gasteiger partial charge is 0.221 e. The Kier molecular flexibility index (Phi) is 4.14. The topological polar surface area (TPSA) is 59.1 Å². The zero-order chi connectivity index (χ0) is 12.1. The summed E-state index contributed by atoms with van der Waals surface area (Å²) in [6.07, 6.45) is 5.31. The lowest BCUT2D eigenvalue weighted by molar-refractivity contribution is 0.393. The first kappa shape index (κ1) is 12.1. The number of anilines is 1. The van der Waals surface area contributed by atoms with Crippen LogP contribution in [-0.2, 0) is 0 Å². The van der Waals surface area contributed by atoms with E-state index in [2.05, 4.69) is 20.6 Å². The van der Waals surface area contributed by atoms with Crippen LogP contribution in [0.3, 0.4) is 0 Å². The quantitative estimate of drug-likeness (QED) is 0.700. The molecule has 0 unspecified atom stereocenters. The normalized spacial score (nSPS) is 14.7. The van der Waals surface area contributed by atoms with E-state index in [-0.39, 0.29) is 0 Å². The van der Waals surface area contributed by atoms with Gasteiger partial charge in [-0.3, -0.25) is 0 Å². The monoisotopic (exact) mass is 236 g/mol. The van der Waals surface area contributed by atoms with Crippen LogP contribution in [0.1, 0.15) is 24.8 Å². The Morgan fingerprint density at radius 1 is 1.35 bits per heavy atom. The molecule has 0 atom stereocenters. The Hall–Kier alpha value is -1.36. The highest BCUT2D eigenvalue weighted by Crippen LogP contribution is 2.20. The number of aromatic nitrogens is 2. The minimum absolute atomic E-state index is 0.638. The van der Waals surface area contributed by atoms with Crippen LogP contribution in [-0.4, -0.2) is 36.2 Å². The van der Waals surface area contributed by atoms with Crippen LogP contribution in [0.15, 0.2) is 6.33 Å². The Labute approximate surface area is 102 Å². The van der Waals surface area contributed by atoms with E-state index in [0.717, 1.165) is 36.9 Å². The second-order valence-corrected chi connectivity index (χ2v) is 4.37. The molecular weight excluding hydrogens is 216 g/mol. The van der Waals surface area contributed by atoms with E-state index in [1.807, 2.05) is 6.92 Å². The standard InChI is InChI=1S/C12H20N4O/c1-9-11(15-8-16-12(9)17-2)14-7-3-6-13-10-4-5-10/h8,10,13H,3-7H2,1-2H3,(H,14,15,16). The van der Waals surface area contributed by atoms with Crippen molar-refractivity contribution in [2.75, 3.05) is 25.5 Å². The zero-order valence-electron chi connectivity index (χ0n) is 10.5. The molecule has 1 fully saturated rings. The molecule has 1 aliphatic rings. The predicted molar refractivity (Wildman–Crippen MR) is 67.5 cm³/mol. The van der Waals surface area contributed by atoms with Gasteiger partial charge in [0.05, 0.1) is 12.7 Å². The third kappa shape index (κ3) is 3.56. The first-order chi connectivity index (χ1) is 8.31. The molecule has 0 spiro atoms. The van der Waals surface area contributed by atoms with Crippen molar-refractivity contribution in [3.63, 3.8) is 0 Å². The van der Waals surface area contributed by atoms with Crippen LogP contribution < -0.4 is 15.4 Å². The van der Waals surface area contributed by atoms with Crippen molar-refractivity contribution in [2.24, 2.45) is 0 Å². The minimum atomic E-state index is 0.638. The maximum Gasteiger partial charge on any atom is 0.221 e. The van der Waals surface area contributed by atoms with Crippen LogP contribution in [0, 0.1) is 6.92 Å². The van der Waals surface area contributed by atoms with Crippen molar-refractivity contribution in [3.8, 4) is 5.88 Å². The number of hydrogen-bond acceptors (Lipinski definition) is 5. The summed E-state index contributed by atoms with van der Waals surface area (Å²) in [5.41, 5.74) is 0.963. The van der Waals surface area contributed by atoms with Gasteiger partial charge in [-0.25, -0.2) is 9.97 Å². The molecule has 17 heavy (non-hydrogen) atoms. The van der Waals surface area contributed by atoms with Crippen LogP contribution in [0.5, 0.6) is 5.88 Å². The van der Waals surface area contributed by atoms with Gasteiger partial charge in [0.1, 0.15) is 12.1 Å². The number of rotatable bonds is 7. The number of methoxy groups -OCH3 is 1. The maximum absolute atomic E-state index is 5.15. The number of nitrogens with one attached hydrogen (secondary N) is 2. The molecule has 94 valence electrons. The second-order valence-electron chi connectivity index (χ2n) is 4.37. The molecular formula is C12H20N4O. The second kappa shape index (κ2) is 5.82. The third-order valence-corrected chi connectivity index (χ3v) is 2.89. The molecule has 2 N–H and O–H groups in total. The number of nitrogens with zero attached hydrogens (tertiary/aromatic N) is 2. The van der Waals surface area contributed by atoms with Gasteiger partial charge in [0.25, 0.3) is 0 Å². The molecule has 1 aromatic rings. The average Bonchev–Trinajstić information content (AvgIpc) is 3.15. The van der Waals surface area contributed by atoms with Crippen molar-refractivity contribution in [1.29, 1.82) is 0 Å². The summed E-state index contributed by atoms with van der Waals surface area (Å²) in [5.74, 6) is 1.50. The Bertz CT molecular complexity index is 366. The van der Waals surface area contributed by atoms with Crippen LogP contribution in [0.4, 0.5) is 5.82 Å². The SMILES string of the molecule is COc1ncnc(NCCCNC2CC2)c1C. The van der Waals surface area contributed by atoms with Gasteiger partial charge >= 0.3 is 0 Å². The third-order valence-electron chi connectivity index (χ3n) is 2.89. The van der Waals surface area contributed by atoms with Crippen molar-refractivity contribution in [2.45, 2.75) is 32.2 Å². The fraction of sp³-hybridized carbons (Fsp3) is 0.667. The molecule has 0 aliphatic heterocycles. The van der Waals surface area contributed by atoms with E-state index in [9.17, 15) is 0 Å². The summed E-state index contributed by atoms with van der Waals surface area (Å²) >= 11 is 0. The van der Waals surface area contributed by atoms with Crippen LogP contribution >= 0.6 is 0 Å². The molecule has 1 saturated carbocycles. The van der Waals surface area contributed by atoms with Gasteiger partial charge in [0, 0.05) is 12.6 Å². The van der Waals surface area contributed by atoms with Gasteiger partial charge in [-0.15, -0.1) is 0 Å². The summed E-state index contributed by atoms with van der Waals surface area (Å²) < 4.78 is 5.15. The Morgan fingerprint density at radius 3 is 2.88 bits per heavy atom. The largest absolute Gasteiger partial charge is 0.481 e. The highest BCUT2D eigenvalue weighted by molar-refractivity contribution is 5.47. The summed E-state index contributed by atoms with van der Waals surface area (Å²) in [7, 11) is 1.62. The molecule has 0 aromatic carbocycles. The van der Waals surface area contributed by atoms with E-state index in [4.69, 9.17) is 4.74 Å². The number of hydrogen-bond donors (Lipinski definition) is 2. The lowest BCUT2D eigenvalue weighted by Gasteiger charge is -2.10. The minimum Gasteiger partial charge on any atom is -0.481 e. The highest BCUT2D eigenvalue weighted by atomic mass is 16.5. The molecule has 0 radical (unpaired) electrons. The summed E-state index contributed by atoms with van der Waals surface area (Å²) in [5, 5.41) is 6.79. The molecule has 1 aliphatic carbocycles. The molecule has 5 heteroatoms. The van der Waals surface area contributed by atoms with Crippen molar-refractivity contribution >= 4 is 5.82 Å². The molecule has 1 heterocycles. The molecule has 2 rings (SSSR count). The molecule has 5 nitrogen and oxygen atoms in total. The first-order valence-electron chi connectivity index (χ1n) is 6.14. The Balaban J connectivity index is 1.73. The molecule has 0 bridgehead atoms.